The van der Waals surface area contributed by atoms with Crippen molar-refractivity contribution < 1.29 is 9.53 Å². The Balaban J connectivity index is 1.73. The van der Waals surface area contributed by atoms with E-state index in [9.17, 15) is 4.79 Å². The molecule has 18 heavy (non-hydrogen) atoms. The van der Waals surface area contributed by atoms with Crippen molar-refractivity contribution in [3.63, 3.8) is 0 Å². The Morgan fingerprint density at radius 1 is 1.44 bits per heavy atom. The molecule has 1 atom stereocenters. The van der Waals surface area contributed by atoms with Crippen molar-refractivity contribution in [1.29, 1.82) is 0 Å². The summed E-state index contributed by atoms with van der Waals surface area (Å²) in [6, 6.07) is 9.74. The molecule has 4 nitrogen and oxygen atoms in total. The molecule has 1 saturated heterocycles. The van der Waals surface area contributed by atoms with Crippen molar-refractivity contribution >= 4 is 6.09 Å². The van der Waals surface area contributed by atoms with Gasteiger partial charge in [-0.1, -0.05) is 30.3 Å². The van der Waals surface area contributed by atoms with Gasteiger partial charge >= 0.3 is 6.09 Å². The number of hydrogen-bond acceptors (Lipinski definition) is 3. The smallest absolute Gasteiger partial charge is 0.409 e. The molecule has 1 aliphatic heterocycles. The third-order valence-electron chi connectivity index (χ3n) is 3.21. The Kier molecular flexibility index (Phi) is 4.59. The lowest BCUT2D eigenvalue weighted by Crippen LogP contribution is -2.33. The predicted molar refractivity (Wildman–Crippen MR) is 70.2 cm³/mol. The molecule has 1 fully saturated rings. The Bertz CT molecular complexity index is 375. The maximum Gasteiger partial charge on any atom is 0.409 e. The molecule has 1 N–H and O–H groups in total. The van der Waals surface area contributed by atoms with Gasteiger partial charge in [0.15, 0.2) is 0 Å². The molecule has 0 unspecified atom stereocenters. The van der Waals surface area contributed by atoms with Gasteiger partial charge < -0.3 is 15.0 Å². The summed E-state index contributed by atoms with van der Waals surface area (Å²) in [5, 5.41) is 3.30. The fourth-order valence-electron chi connectivity index (χ4n) is 2.16. The normalized spacial score (nSPS) is 18.6. The second-order valence-electron chi connectivity index (χ2n) is 4.78. The van der Waals surface area contributed by atoms with Crippen LogP contribution in [0.4, 0.5) is 4.79 Å². The first-order valence-electron chi connectivity index (χ1n) is 6.38. The molecule has 1 aliphatic rings. The molecule has 0 bridgehead atoms. The lowest BCUT2D eigenvalue weighted by molar-refractivity contribution is 0.100. The van der Waals surface area contributed by atoms with Crippen molar-refractivity contribution in [2.24, 2.45) is 5.92 Å². The van der Waals surface area contributed by atoms with E-state index in [4.69, 9.17) is 4.74 Å². The summed E-state index contributed by atoms with van der Waals surface area (Å²) in [5.41, 5.74) is 1.02. The zero-order chi connectivity index (χ0) is 12.8. The van der Waals surface area contributed by atoms with Gasteiger partial charge in [-0.25, -0.2) is 4.79 Å². The SMILES string of the molecule is CN(C[C@H]1CCNC1)C(=O)OCc1ccccc1. The zero-order valence-electron chi connectivity index (χ0n) is 10.8. The molecule has 2 rings (SSSR count). The number of rotatable bonds is 4. The highest BCUT2D eigenvalue weighted by atomic mass is 16.6. The standard InChI is InChI=1S/C14H20N2O2/c1-16(10-13-7-8-15-9-13)14(17)18-11-12-5-3-2-4-6-12/h2-6,13,15H,7-11H2,1H3/t13-/m0/s1. The Labute approximate surface area is 108 Å². The highest BCUT2D eigenvalue weighted by molar-refractivity contribution is 5.67. The van der Waals surface area contributed by atoms with E-state index in [1.165, 1.54) is 0 Å². The molecule has 1 aromatic rings. The first kappa shape index (κ1) is 12.9. The molecular formula is C14H20N2O2. The quantitative estimate of drug-likeness (QED) is 0.884. The second-order valence-corrected chi connectivity index (χ2v) is 4.78. The van der Waals surface area contributed by atoms with Gasteiger partial charge in [-0.3, -0.25) is 0 Å². The minimum atomic E-state index is -0.245. The number of nitrogens with zero attached hydrogens (tertiary/aromatic N) is 1. The molecule has 0 saturated carbocycles. The molecule has 1 amide bonds. The van der Waals surface area contributed by atoms with Gasteiger partial charge in [-0.05, 0) is 31.0 Å². The van der Waals surface area contributed by atoms with Crippen molar-refractivity contribution in [3.8, 4) is 0 Å². The van der Waals surface area contributed by atoms with Crippen LogP contribution in [-0.2, 0) is 11.3 Å². The number of carbonyl (C=O) groups is 1. The number of benzene rings is 1. The monoisotopic (exact) mass is 248 g/mol. The molecule has 0 spiro atoms. The molecule has 1 heterocycles. The Morgan fingerprint density at radius 2 is 2.22 bits per heavy atom. The van der Waals surface area contributed by atoms with E-state index < -0.39 is 0 Å². The van der Waals surface area contributed by atoms with Crippen LogP contribution in [0.25, 0.3) is 0 Å². The van der Waals surface area contributed by atoms with Crippen molar-refractivity contribution in [3.05, 3.63) is 35.9 Å². The highest BCUT2D eigenvalue weighted by Crippen LogP contribution is 2.10. The van der Waals surface area contributed by atoms with Crippen LogP contribution in [0.1, 0.15) is 12.0 Å². The maximum absolute atomic E-state index is 11.8. The number of hydrogen-bond donors (Lipinski definition) is 1. The number of ether oxygens (including phenoxy) is 1. The Morgan fingerprint density at radius 3 is 2.89 bits per heavy atom. The fourth-order valence-corrected chi connectivity index (χ4v) is 2.16. The first-order chi connectivity index (χ1) is 8.75. The van der Waals surface area contributed by atoms with E-state index in [1.807, 2.05) is 30.3 Å². The number of carbonyl (C=O) groups excluding carboxylic acids is 1. The van der Waals surface area contributed by atoms with Crippen LogP contribution in [-0.4, -0.2) is 37.7 Å². The minimum Gasteiger partial charge on any atom is -0.445 e. The van der Waals surface area contributed by atoms with Gasteiger partial charge in [0.25, 0.3) is 0 Å². The molecule has 1 aromatic carbocycles. The molecule has 0 aromatic heterocycles. The van der Waals surface area contributed by atoms with E-state index in [2.05, 4.69) is 5.32 Å². The molecular weight excluding hydrogens is 228 g/mol. The third-order valence-corrected chi connectivity index (χ3v) is 3.21. The van der Waals surface area contributed by atoms with E-state index >= 15 is 0 Å². The predicted octanol–water partition coefficient (Wildman–Crippen LogP) is 1.86. The average Bonchev–Trinajstić information content (AvgIpc) is 2.90. The van der Waals surface area contributed by atoms with E-state index in [0.717, 1.165) is 31.6 Å². The summed E-state index contributed by atoms with van der Waals surface area (Å²) >= 11 is 0. The van der Waals surface area contributed by atoms with Gasteiger partial charge in [0.05, 0.1) is 0 Å². The van der Waals surface area contributed by atoms with Gasteiger partial charge in [0, 0.05) is 13.6 Å². The number of nitrogens with one attached hydrogen (secondary N) is 1. The van der Waals surface area contributed by atoms with Crippen LogP contribution >= 0.6 is 0 Å². The summed E-state index contributed by atoms with van der Waals surface area (Å²) in [4.78, 5) is 13.5. The molecule has 0 aliphatic carbocycles. The topological polar surface area (TPSA) is 41.6 Å². The van der Waals surface area contributed by atoms with Gasteiger partial charge in [-0.2, -0.15) is 0 Å². The van der Waals surface area contributed by atoms with Crippen LogP contribution in [0.3, 0.4) is 0 Å². The number of amides is 1. The second kappa shape index (κ2) is 6.40. The van der Waals surface area contributed by atoms with Crippen LogP contribution in [0.5, 0.6) is 0 Å². The maximum atomic E-state index is 11.8. The van der Waals surface area contributed by atoms with E-state index in [-0.39, 0.29) is 6.09 Å². The highest BCUT2D eigenvalue weighted by Gasteiger charge is 2.19. The van der Waals surface area contributed by atoms with Crippen molar-refractivity contribution in [2.45, 2.75) is 13.0 Å². The van der Waals surface area contributed by atoms with Crippen molar-refractivity contribution in [1.82, 2.24) is 10.2 Å². The van der Waals surface area contributed by atoms with Gasteiger partial charge in [0.2, 0.25) is 0 Å². The molecule has 98 valence electrons. The summed E-state index contributed by atoms with van der Waals surface area (Å²) < 4.78 is 5.27. The van der Waals surface area contributed by atoms with Gasteiger partial charge in [0.1, 0.15) is 6.61 Å². The molecule has 4 heteroatoms. The lowest BCUT2D eigenvalue weighted by Gasteiger charge is -2.20. The van der Waals surface area contributed by atoms with Crippen LogP contribution in [0.15, 0.2) is 30.3 Å². The van der Waals surface area contributed by atoms with Crippen LogP contribution in [0, 0.1) is 5.92 Å². The largest absolute Gasteiger partial charge is 0.445 e. The van der Waals surface area contributed by atoms with Gasteiger partial charge in [-0.15, -0.1) is 0 Å². The van der Waals surface area contributed by atoms with Crippen LogP contribution < -0.4 is 5.32 Å². The summed E-state index contributed by atoms with van der Waals surface area (Å²) in [6.45, 7) is 3.15. The summed E-state index contributed by atoms with van der Waals surface area (Å²) in [6.07, 6.45) is 0.891. The van der Waals surface area contributed by atoms with E-state index in [0.29, 0.717) is 12.5 Å². The first-order valence-corrected chi connectivity index (χ1v) is 6.38. The third kappa shape index (κ3) is 3.74. The van der Waals surface area contributed by atoms with E-state index in [1.54, 1.807) is 11.9 Å². The van der Waals surface area contributed by atoms with Crippen LogP contribution in [0.2, 0.25) is 0 Å². The fraction of sp³-hybridized carbons (Fsp3) is 0.500. The average molecular weight is 248 g/mol. The Hall–Kier alpha value is -1.55. The van der Waals surface area contributed by atoms with Crippen molar-refractivity contribution in [2.75, 3.05) is 26.7 Å². The minimum absolute atomic E-state index is 0.245. The molecule has 0 radical (unpaired) electrons. The summed E-state index contributed by atoms with van der Waals surface area (Å²) in [5.74, 6) is 0.555. The lowest BCUT2D eigenvalue weighted by atomic mass is 10.1. The summed E-state index contributed by atoms with van der Waals surface area (Å²) in [7, 11) is 1.80. The zero-order valence-corrected chi connectivity index (χ0v) is 10.8.